The van der Waals surface area contributed by atoms with Gasteiger partial charge in [-0.2, -0.15) is 0 Å². The van der Waals surface area contributed by atoms with Gasteiger partial charge in [-0.15, -0.1) is 0 Å². The van der Waals surface area contributed by atoms with Crippen molar-refractivity contribution in [2.75, 3.05) is 19.6 Å². The minimum absolute atomic E-state index is 0.111. The minimum Gasteiger partial charge on any atom is -0.481 e. The summed E-state index contributed by atoms with van der Waals surface area (Å²) >= 11 is 0. The van der Waals surface area contributed by atoms with Gasteiger partial charge in [-0.05, 0) is 19.5 Å². The topological polar surface area (TPSA) is 40.5 Å². The lowest BCUT2D eigenvalue weighted by molar-refractivity contribution is -0.141. The standard InChI is InChI=1S/C7H13NO2/c1-2-8-4-3-6(5-8)7(9)10/h6H,2-5H2,1H3,(H,9,10). The van der Waals surface area contributed by atoms with E-state index in [9.17, 15) is 4.79 Å². The molecule has 1 aliphatic heterocycles. The highest BCUT2D eigenvalue weighted by Crippen LogP contribution is 2.14. The smallest absolute Gasteiger partial charge is 0.307 e. The van der Waals surface area contributed by atoms with Gasteiger partial charge in [0.25, 0.3) is 0 Å². The van der Waals surface area contributed by atoms with Crippen molar-refractivity contribution in [1.29, 1.82) is 0 Å². The summed E-state index contributed by atoms with van der Waals surface area (Å²) in [6.45, 7) is 4.73. The Morgan fingerprint density at radius 2 is 2.50 bits per heavy atom. The van der Waals surface area contributed by atoms with Crippen LogP contribution >= 0.6 is 0 Å². The van der Waals surface area contributed by atoms with Gasteiger partial charge in [0, 0.05) is 6.54 Å². The molecule has 1 fully saturated rings. The third-order valence-corrected chi connectivity index (χ3v) is 2.07. The zero-order valence-electron chi connectivity index (χ0n) is 6.21. The quantitative estimate of drug-likeness (QED) is 0.608. The fourth-order valence-electron chi connectivity index (χ4n) is 1.32. The molecule has 0 aromatic carbocycles. The summed E-state index contributed by atoms with van der Waals surface area (Å²) in [6.07, 6.45) is 0.823. The van der Waals surface area contributed by atoms with Gasteiger partial charge in [-0.1, -0.05) is 6.92 Å². The van der Waals surface area contributed by atoms with Gasteiger partial charge in [-0.3, -0.25) is 4.79 Å². The highest BCUT2D eigenvalue weighted by Gasteiger charge is 2.26. The molecule has 0 bridgehead atoms. The fraction of sp³-hybridized carbons (Fsp3) is 0.857. The molecule has 1 aliphatic rings. The third kappa shape index (κ3) is 1.48. The number of nitrogens with zero attached hydrogens (tertiary/aromatic N) is 1. The fourth-order valence-corrected chi connectivity index (χ4v) is 1.32. The molecular formula is C7H13NO2. The Bertz CT molecular complexity index is 136. The summed E-state index contributed by atoms with van der Waals surface area (Å²) in [5.41, 5.74) is 0. The second-order valence-electron chi connectivity index (χ2n) is 2.72. The Kier molecular flexibility index (Phi) is 2.27. The van der Waals surface area contributed by atoms with E-state index in [2.05, 4.69) is 11.8 Å². The van der Waals surface area contributed by atoms with Crippen molar-refractivity contribution in [3.63, 3.8) is 0 Å². The lowest BCUT2D eigenvalue weighted by atomic mass is 10.1. The number of hydrogen-bond acceptors (Lipinski definition) is 2. The summed E-state index contributed by atoms with van der Waals surface area (Å²) < 4.78 is 0. The molecule has 0 radical (unpaired) electrons. The Labute approximate surface area is 60.6 Å². The van der Waals surface area contributed by atoms with Crippen molar-refractivity contribution in [3.8, 4) is 0 Å². The van der Waals surface area contributed by atoms with Crippen molar-refractivity contribution in [2.45, 2.75) is 13.3 Å². The van der Waals surface area contributed by atoms with Crippen LogP contribution in [-0.4, -0.2) is 35.6 Å². The molecule has 1 unspecified atom stereocenters. The first-order valence-corrected chi connectivity index (χ1v) is 3.69. The highest BCUT2D eigenvalue weighted by atomic mass is 16.4. The summed E-state index contributed by atoms with van der Waals surface area (Å²) in [5, 5.41) is 8.60. The van der Waals surface area contributed by atoms with Gasteiger partial charge in [-0.25, -0.2) is 0 Å². The molecule has 0 spiro atoms. The van der Waals surface area contributed by atoms with E-state index in [-0.39, 0.29) is 5.92 Å². The van der Waals surface area contributed by atoms with E-state index in [4.69, 9.17) is 5.11 Å². The van der Waals surface area contributed by atoms with E-state index < -0.39 is 5.97 Å². The van der Waals surface area contributed by atoms with Crippen LogP contribution in [-0.2, 0) is 4.79 Å². The molecule has 1 rings (SSSR count). The predicted molar refractivity (Wildman–Crippen MR) is 37.9 cm³/mol. The zero-order valence-corrected chi connectivity index (χ0v) is 6.21. The first-order chi connectivity index (χ1) is 4.74. The number of carbonyl (C=O) groups is 1. The first-order valence-electron chi connectivity index (χ1n) is 3.69. The molecule has 1 N–H and O–H groups in total. The van der Waals surface area contributed by atoms with Gasteiger partial charge in [0.2, 0.25) is 0 Å². The predicted octanol–water partition coefficient (Wildman–Crippen LogP) is 0.413. The van der Waals surface area contributed by atoms with Crippen LogP contribution in [0.25, 0.3) is 0 Å². The molecule has 0 aromatic heterocycles. The molecule has 0 saturated carbocycles. The van der Waals surface area contributed by atoms with Crippen LogP contribution < -0.4 is 0 Å². The average molecular weight is 143 g/mol. The molecular weight excluding hydrogens is 130 g/mol. The van der Waals surface area contributed by atoms with Crippen LogP contribution in [0, 0.1) is 5.92 Å². The summed E-state index contributed by atoms with van der Waals surface area (Å²) in [6, 6.07) is 0. The molecule has 0 aromatic rings. The van der Waals surface area contributed by atoms with Crippen LogP contribution in [0.3, 0.4) is 0 Å². The number of hydrogen-bond donors (Lipinski definition) is 1. The molecule has 3 heteroatoms. The van der Waals surface area contributed by atoms with Crippen molar-refractivity contribution in [2.24, 2.45) is 5.92 Å². The summed E-state index contributed by atoms with van der Waals surface area (Å²) in [5.74, 6) is -0.754. The van der Waals surface area contributed by atoms with E-state index in [0.717, 1.165) is 26.1 Å². The van der Waals surface area contributed by atoms with Gasteiger partial charge in [0.05, 0.1) is 5.92 Å². The Morgan fingerprint density at radius 3 is 2.80 bits per heavy atom. The first kappa shape index (κ1) is 7.54. The van der Waals surface area contributed by atoms with Crippen molar-refractivity contribution < 1.29 is 9.90 Å². The monoisotopic (exact) mass is 143 g/mol. The van der Waals surface area contributed by atoms with Gasteiger partial charge in [0.15, 0.2) is 0 Å². The molecule has 0 aliphatic carbocycles. The van der Waals surface area contributed by atoms with Crippen LogP contribution in [0.5, 0.6) is 0 Å². The highest BCUT2D eigenvalue weighted by molar-refractivity contribution is 5.70. The molecule has 1 saturated heterocycles. The summed E-state index contributed by atoms with van der Waals surface area (Å²) in [4.78, 5) is 12.6. The van der Waals surface area contributed by atoms with E-state index in [1.165, 1.54) is 0 Å². The number of aliphatic carboxylic acids is 1. The summed E-state index contributed by atoms with van der Waals surface area (Å²) in [7, 11) is 0. The lowest BCUT2D eigenvalue weighted by Crippen LogP contribution is -2.22. The van der Waals surface area contributed by atoms with E-state index in [1.807, 2.05) is 0 Å². The van der Waals surface area contributed by atoms with E-state index >= 15 is 0 Å². The zero-order chi connectivity index (χ0) is 7.56. The maximum atomic E-state index is 10.4. The number of carboxylic acids is 1. The van der Waals surface area contributed by atoms with Crippen molar-refractivity contribution in [1.82, 2.24) is 4.90 Å². The van der Waals surface area contributed by atoms with Gasteiger partial charge in [0.1, 0.15) is 0 Å². The van der Waals surface area contributed by atoms with Crippen LogP contribution in [0.4, 0.5) is 0 Å². The second-order valence-corrected chi connectivity index (χ2v) is 2.72. The average Bonchev–Trinajstić information content (AvgIpc) is 2.34. The van der Waals surface area contributed by atoms with Crippen LogP contribution in [0.1, 0.15) is 13.3 Å². The molecule has 1 heterocycles. The normalized spacial score (nSPS) is 27.1. The van der Waals surface area contributed by atoms with Crippen molar-refractivity contribution >= 4 is 5.97 Å². The maximum Gasteiger partial charge on any atom is 0.307 e. The molecule has 58 valence electrons. The Balaban J connectivity index is 2.35. The van der Waals surface area contributed by atoms with Crippen LogP contribution in [0.2, 0.25) is 0 Å². The van der Waals surface area contributed by atoms with Crippen molar-refractivity contribution in [3.05, 3.63) is 0 Å². The molecule has 10 heavy (non-hydrogen) atoms. The second kappa shape index (κ2) is 3.01. The maximum absolute atomic E-state index is 10.4. The number of rotatable bonds is 2. The van der Waals surface area contributed by atoms with Gasteiger partial charge < -0.3 is 10.0 Å². The third-order valence-electron chi connectivity index (χ3n) is 2.07. The van der Waals surface area contributed by atoms with Crippen LogP contribution in [0.15, 0.2) is 0 Å². The molecule has 3 nitrogen and oxygen atoms in total. The Morgan fingerprint density at radius 1 is 1.80 bits per heavy atom. The van der Waals surface area contributed by atoms with E-state index in [0.29, 0.717) is 0 Å². The van der Waals surface area contributed by atoms with Gasteiger partial charge >= 0.3 is 5.97 Å². The lowest BCUT2D eigenvalue weighted by Gasteiger charge is -2.10. The largest absolute Gasteiger partial charge is 0.481 e. The molecule has 1 atom stereocenters. The molecule has 0 amide bonds. The number of carboxylic acid groups (broad SMARTS) is 1. The van der Waals surface area contributed by atoms with E-state index in [1.54, 1.807) is 0 Å². The Hall–Kier alpha value is -0.570. The minimum atomic E-state index is -0.643. The number of likely N-dealkylation sites (tertiary alicyclic amines) is 1. The SMILES string of the molecule is CCN1CCC(C(=O)O)C1.